The molecule has 0 aromatic heterocycles. The number of aryl methyl sites for hydroxylation is 1. The van der Waals surface area contributed by atoms with Crippen molar-refractivity contribution in [2.45, 2.75) is 11.3 Å². The zero-order valence-corrected chi connectivity index (χ0v) is 9.75. The molecule has 1 N–H and O–H groups in total. The Balaban J connectivity index is 3.20. The fourth-order valence-corrected chi connectivity index (χ4v) is 2.40. The van der Waals surface area contributed by atoms with Crippen LogP contribution in [0, 0.1) is 0 Å². The van der Waals surface area contributed by atoms with Crippen molar-refractivity contribution in [2.75, 3.05) is 4.43 Å². The van der Waals surface area contributed by atoms with Crippen LogP contribution < -0.4 is 0 Å². The van der Waals surface area contributed by atoms with E-state index in [9.17, 15) is 8.42 Å². The highest BCUT2D eigenvalue weighted by Crippen LogP contribution is 2.15. The Kier molecular flexibility index (Phi) is 3.69. The second-order valence-corrected chi connectivity index (χ2v) is 4.99. The fraction of sp³-hybridized carbons (Fsp3) is 0.250. The zero-order valence-electron chi connectivity index (χ0n) is 6.77. The lowest BCUT2D eigenvalue weighted by Gasteiger charge is -2.03. The van der Waals surface area contributed by atoms with Crippen molar-refractivity contribution in [1.29, 1.82) is 0 Å². The molecule has 1 aromatic rings. The lowest BCUT2D eigenvalue weighted by Crippen LogP contribution is -2.03. The summed E-state index contributed by atoms with van der Waals surface area (Å²) < 4.78 is 31.5. The van der Waals surface area contributed by atoms with Gasteiger partial charge in [0.25, 0.3) is 10.1 Å². The van der Waals surface area contributed by atoms with E-state index in [2.05, 4.69) is 22.6 Å². The van der Waals surface area contributed by atoms with Gasteiger partial charge in [-0.3, -0.25) is 4.55 Å². The largest absolute Gasteiger partial charge is 0.294 e. The third-order valence-electron chi connectivity index (χ3n) is 1.61. The highest BCUT2D eigenvalue weighted by molar-refractivity contribution is 14.1. The SMILES string of the molecule is O=S(=O)(O)c1ccccc1CCI. The molecule has 0 saturated carbocycles. The van der Waals surface area contributed by atoms with Gasteiger partial charge in [0, 0.05) is 4.43 Å². The molecule has 13 heavy (non-hydrogen) atoms. The van der Waals surface area contributed by atoms with E-state index >= 15 is 0 Å². The first-order valence-electron chi connectivity index (χ1n) is 3.67. The Hall–Kier alpha value is -0.140. The van der Waals surface area contributed by atoms with Gasteiger partial charge >= 0.3 is 0 Å². The summed E-state index contributed by atoms with van der Waals surface area (Å²) in [7, 11) is -4.06. The molecule has 0 spiro atoms. The van der Waals surface area contributed by atoms with Crippen molar-refractivity contribution in [2.24, 2.45) is 0 Å². The van der Waals surface area contributed by atoms with Gasteiger partial charge in [-0.15, -0.1) is 0 Å². The van der Waals surface area contributed by atoms with Crippen LogP contribution in [0.3, 0.4) is 0 Å². The van der Waals surface area contributed by atoms with E-state index in [1.807, 2.05) is 0 Å². The van der Waals surface area contributed by atoms with Crippen LogP contribution >= 0.6 is 22.6 Å². The minimum Gasteiger partial charge on any atom is -0.282 e. The molecule has 1 rings (SSSR count). The van der Waals surface area contributed by atoms with E-state index in [-0.39, 0.29) is 4.90 Å². The second-order valence-electron chi connectivity index (χ2n) is 2.52. The highest BCUT2D eigenvalue weighted by atomic mass is 127. The molecule has 0 amide bonds. The standard InChI is InChI=1S/C8H9IO3S/c9-6-5-7-3-1-2-4-8(7)13(10,11)12/h1-4H,5-6H2,(H,10,11,12). The van der Waals surface area contributed by atoms with Crippen molar-refractivity contribution in [3.8, 4) is 0 Å². The third kappa shape index (κ3) is 2.92. The van der Waals surface area contributed by atoms with Gasteiger partial charge in [-0.25, -0.2) is 0 Å². The van der Waals surface area contributed by atoms with Gasteiger partial charge in [0.2, 0.25) is 0 Å². The number of hydrogen-bond donors (Lipinski definition) is 1. The molecule has 0 aliphatic rings. The van der Waals surface area contributed by atoms with Crippen LogP contribution in [0.15, 0.2) is 29.2 Å². The summed E-state index contributed by atoms with van der Waals surface area (Å²) in [5.41, 5.74) is 0.666. The topological polar surface area (TPSA) is 54.4 Å². The number of rotatable bonds is 3. The Bertz CT molecular complexity index is 386. The van der Waals surface area contributed by atoms with E-state index in [0.717, 1.165) is 4.43 Å². The summed E-state index contributed by atoms with van der Waals surface area (Å²) in [6, 6.07) is 6.48. The van der Waals surface area contributed by atoms with E-state index in [1.165, 1.54) is 6.07 Å². The molecule has 0 saturated heterocycles. The molecule has 0 atom stereocenters. The van der Waals surface area contributed by atoms with Crippen molar-refractivity contribution >= 4 is 32.7 Å². The van der Waals surface area contributed by atoms with Crippen molar-refractivity contribution in [3.05, 3.63) is 29.8 Å². The molecule has 0 unspecified atom stereocenters. The molecule has 72 valence electrons. The second kappa shape index (κ2) is 4.39. The van der Waals surface area contributed by atoms with E-state index in [0.29, 0.717) is 12.0 Å². The first kappa shape index (κ1) is 10.9. The van der Waals surface area contributed by atoms with Crippen LogP contribution in [0.25, 0.3) is 0 Å². The summed E-state index contributed by atoms with van der Waals surface area (Å²) in [5.74, 6) is 0. The number of hydrogen-bond acceptors (Lipinski definition) is 2. The first-order valence-corrected chi connectivity index (χ1v) is 6.63. The number of halogens is 1. The molecule has 1 aromatic carbocycles. The zero-order chi connectivity index (χ0) is 9.90. The minimum atomic E-state index is -4.06. The van der Waals surface area contributed by atoms with Crippen LogP contribution in [-0.4, -0.2) is 17.4 Å². The van der Waals surface area contributed by atoms with Gasteiger partial charge in [-0.1, -0.05) is 40.8 Å². The Labute approximate surface area is 91.1 Å². The maximum atomic E-state index is 10.9. The minimum absolute atomic E-state index is 0.0201. The van der Waals surface area contributed by atoms with Gasteiger partial charge < -0.3 is 0 Å². The molecule has 0 radical (unpaired) electrons. The van der Waals surface area contributed by atoms with E-state index in [1.54, 1.807) is 18.2 Å². The molecular formula is C8H9IO3S. The van der Waals surface area contributed by atoms with Gasteiger partial charge in [0.15, 0.2) is 0 Å². The quantitative estimate of drug-likeness (QED) is 0.527. The van der Waals surface area contributed by atoms with Crippen molar-refractivity contribution in [3.63, 3.8) is 0 Å². The van der Waals surface area contributed by atoms with Crippen molar-refractivity contribution in [1.82, 2.24) is 0 Å². The molecule has 3 nitrogen and oxygen atoms in total. The normalized spacial score (nSPS) is 11.5. The Morgan fingerprint density at radius 2 is 1.92 bits per heavy atom. The smallest absolute Gasteiger partial charge is 0.282 e. The lowest BCUT2D eigenvalue weighted by molar-refractivity contribution is 0.482. The van der Waals surface area contributed by atoms with Gasteiger partial charge in [0.1, 0.15) is 0 Å². The molecule has 0 aliphatic heterocycles. The van der Waals surface area contributed by atoms with Crippen LogP contribution in [0.4, 0.5) is 0 Å². The number of alkyl halides is 1. The molecule has 0 heterocycles. The van der Waals surface area contributed by atoms with Crippen LogP contribution in [0.2, 0.25) is 0 Å². The number of benzene rings is 1. The summed E-state index contributed by atoms with van der Waals surface area (Å²) in [5, 5.41) is 0. The fourth-order valence-electron chi connectivity index (χ4n) is 1.06. The Morgan fingerprint density at radius 3 is 2.46 bits per heavy atom. The average Bonchev–Trinajstić information content (AvgIpc) is 2.04. The molecule has 0 aliphatic carbocycles. The molecule has 0 bridgehead atoms. The molecular weight excluding hydrogens is 303 g/mol. The average molecular weight is 312 g/mol. The van der Waals surface area contributed by atoms with Gasteiger partial charge in [-0.05, 0) is 18.1 Å². The summed E-state index contributed by atoms with van der Waals surface area (Å²) >= 11 is 2.16. The highest BCUT2D eigenvalue weighted by Gasteiger charge is 2.13. The third-order valence-corrected chi connectivity index (χ3v) is 3.11. The predicted molar refractivity (Wildman–Crippen MR) is 58.8 cm³/mol. The monoisotopic (exact) mass is 312 g/mol. The first-order chi connectivity index (χ1) is 6.05. The van der Waals surface area contributed by atoms with Gasteiger partial charge in [-0.2, -0.15) is 8.42 Å². The summed E-state index contributed by atoms with van der Waals surface area (Å²) in [6.45, 7) is 0. The molecule has 0 fully saturated rings. The summed E-state index contributed by atoms with van der Waals surface area (Å²) in [4.78, 5) is 0.0201. The predicted octanol–water partition coefficient (Wildman–Crippen LogP) is 1.91. The van der Waals surface area contributed by atoms with Crippen LogP contribution in [0.1, 0.15) is 5.56 Å². The van der Waals surface area contributed by atoms with Crippen molar-refractivity contribution < 1.29 is 13.0 Å². The van der Waals surface area contributed by atoms with E-state index in [4.69, 9.17) is 4.55 Å². The lowest BCUT2D eigenvalue weighted by atomic mass is 10.2. The van der Waals surface area contributed by atoms with Crippen LogP contribution in [0.5, 0.6) is 0 Å². The van der Waals surface area contributed by atoms with E-state index < -0.39 is 10.1 Å². The van der Waals surface area contributed by atoms with Crippen LogP contribution in [-0.2, 0) is 16.5 Å². The molecule has 5 heteroatoms. The Morgan fingerprint density at radius 1 is 1.31 bits per heavy atom. The van der Waals surface area contributed by atoms with Gasteiger partial charge in [0.05, 0.1) is 4.90 Å². The maximum absolute atomic E-state index is 10.9. The maximum Gasteiger partial charge on any atom is 0.294 e. The summed E-state index contributed by atoms with van der Waals surface area (Å²) in [6.07, 6.45) is 0.649.